The van der Waals surface area contributed by atoms with Crippen LogP contribution < -0.4 is 24.5 Å². The molecule has 0 spiro atoms. The second-order valence-corrected chi connectivity index (χ2v) is 10.6. The lowest BCUT2D eigenvalue weighted by Gasteiger charge is -2.25. The first-order valence-electron chi connectivity index (χ1n) is 13.1. The molecular formula is C32H31N3O4S. The Labute approximate surface area is 237 Å². The summed E-state index contributed by atoms with van der Waals surface area (Å²) in [7, 11) is 3.93. The van der Waals surface area contributed by atoms with Crippen molar-refractivity contribution in [2.75, 3.05) is 25.6 Å². The minimum absolute atomic E-state index is 0.205. The van der Waals surface area contributed by atoms with Crippen LogP contribution in [0.2, 0.25) is 0 Å². The van der Waals surface area contributed by atoms with Crippen LogP contribution in [0, 0.1) is 0 Å². The van der Waals surface area contributed by atoms with Gasteiger partial charge in [0.25, 0.3) is 5.56 Å². The Balaban J connectivity index is 1.51. The van der Waals surface area contributed by atoms with Gasteiger partial charge >= 0.3 is 5.97 Å². The van der Waals surface area contributed by atoms with E-state index in [-0.39, 0.29) is 12.2 Å². The zero-order chi connectivity index (χ0) is 28.2. The molecule has 1 atom stereocenters. The number of ether oxygens (including phenoxy) is 2. The molecule has 7 nitrogen and oxygen atoms in total. The van der Waals surface area contributed by atoms with Crippen molar-refractivity contribution >= 4 is 29.1 Å². The Hall–Kier alpha value is -4.43. The van der Waals surface area contributed by atoms with Crippen molar-refractivity contribution in [3.63, 3.8) is 0 Å². The molecule has 0 N–H and O–H groups in total. The minimum atomic E-state index is -0.637. The molecule has 1 aromatic heterocycles. The van der Waals surface area contributed by atoms with Gasteiger partial charge in [-0.3, -0.25) is 9.36 Å². The van der Waals surface area contributed by atoms with Crippen LogP contribution in [0.4, 0.5) is 5.69 Å². The van der Waals surface area contributed by atoms with E-state index in [1.165, 1.54) is 11.3 Å². The second kappa shape index (κ2) is 11.8. The number of esters is 1. The molecule has 5 rings (SSSR count). The van der Waals surface area contributed by atoms with Gasteiger partial charge in [-0.15, -0.1) is 0 Å². The maximum Gasteiger partial charge on any atom is 0.338 e. The topological polar surface area (TPSA) is 73.1 Å². The highest BCUT2D eigenvalue weighted by Gasteiger charge is 2.33. The summed E-state index contributed by atoms with van der Waals surface area (Å²) in [6.07, 6.45) is 1.85. The average molecular weight is 554 g/mol. The number of fused-ring (bicyclic) bond motifs is 1. The van der Waals surface area contributed by atoms with Gasteiger partial charge in [-0.05, 0) is 60.9 Å². The van der Waals surface area contributed by atoms with E-state index in [2.05, 4.69) is 4.99 Å². The second-order valence-electron chi connectivity index (χ2n) is 9.63. The predicted molar refractivity (Wildman–Crippen MR) is 158 cm³/mol. The van der Waals surface area contributed by atoms with Crippen molar-refractivity contribution in [1.82, 2.24) is 4.57 Å². The Morgan fingerprint density at radius 2 is 1.73 bits per heavy atom. The van der Waals surface area contributed by atoms with E-state index in [0.29, 0.717) is 27.2 Å². The van der Waals surface area contributed by atoms with E-state index in [0.717, 1.165) is 28.1 Å². The van der Waals surface area contributed by atoms with Crippen LogP contribution in [0.3, 0.4) is 0 Å². The molecule has 0 saturated heterocycles. The van der Waals surface area contributed by atoms with Crippen LogP contribution in [-0.4, -0.2) is 31.2 Å². The molecule has 0 radical (unpaired) electrons. The summed E-state index contributed by atoms with van der Waals surface area (Å²) in [4.78, 5) is 34.1. The number of aromatic nitrogens is 1. The van der Waals surface area contributed by atoms with Gasteiger partial charge in [-0.2, -0.15) is 0 Å². The van der Waals surface area contributed by atoms with E-state index in [1.54, 1.807) is 18.4 Å². The first-order valence-corrected chi connectivity index (χ1v) is 13.9. The predicted octanol–water partition coefficient (Wildman–Crippen LogP) is 4.44. The van der Waals surface area contributed by atoms with Gasteiger partial charge in [-0.1, -0.05) is 65.9 Å². The molecule has 0 fully saturated rings. The molecule has 0 bridgehead atoms. The standard InChI is InChI=1S/C32H31N3O4S/c1-5-38-31(37)28-21(2)33-32-35(29(28)24-13-15-25(16-14-24)34(3)4)30(36)27(40-32)19-22-11-17-26(18-12-22)39-20-23-9-7-6-8-10-23/h6-19,29H,5,20H2,1-4H3. The summed E-state index contributed by atoms with van der Waals surface area (Å²) in [6, 6.07) is 24.8. The normalized spacial score (nSPS) is 14.9. The summed E-state index contributed by atoms with van der Waals surface area (Å²) in [5, 5.41) is 0. The monoisotopic (exact) mass is 553 g/mol. The van der Waals surface area contributed by atoms with Crippen LogP contribution in [0.15, 0.2) is 99.9 Å². The summed E-state index contributed by atoms with van der Waals surface area (Å²) in [6.45, 7) is 4.27. The molecule has 3 aromatic carbocycles. The van der Waals surface area contributed by atoms with Gasteiger partial charge in [0, 0.05) is 19.8 Å². The van der Waals surface area contributed by atoms with Gasteiger partial charge < -0.3 is 14.4 Å². The average Bonchev–Trinajstić information content (AvgIpc) is 3.26. The quantitative estimate of drug-likeness (QED) is 0.302. The number of allylic oxidation sites excluding steroid dienone is 1. The zero-order valence-electron chi connectivity index (χ0n) is 23.0. The van der Waals surface area contributed by atoms with Crippen LogP contribution >= 0.6 is 11.3 Å². The molecule has 0 saturated carbocycles. The first-order chi connectivity index (χ1) is 19.4. The van der Waals surface area contributed by atoms with Gasteiger partial charge in [0.05, 0.1) is 28.5 Å². The fourth-order valence-electron chi connectivity index (χ4n) is 4.61. The number of benzene rings is 3. The third-order valence-electron chi connectivity index (χ3n) is 6.67. The van der Waals surface area contributed by atoms with E-state index in [1.807, 2.05) is 104 Å². The maximum absolute atomic E-state index is 13.8. The lowest BCUT2D eigenvalue weighted by molar-refractivity contribution is -0.139. The number of carbonyl (C=O) groups excluding carboxylic acids is 1. The third-order valence-corrected chi connectivity index (χ3v) is 7.65. The number of hydrogen-bond acceptors (Lipinski definition) is 7. The highest BCUT2D eigenvalue weighted by molar-refractivity contribution is 7.07. The van der Waals surface area contributed by atoms with E-state index in [4.69, 9.17) is 9.47 Å². The van der Waals surface area contributed by atoms with Crippen LogP contribution in [0.25, 0.3) is 6.08 Å². The Bertz CT molecular complexity index is 1720. The number of hydrogen-bond donors (Lipinski definition) is 0. The third kappa shape index (κ3) is 5.62. The van der Waals surface area contributed by atoms with E-state index in [9.17, 15) is 9.59 Å². The van der Waals surface area contributed by atoms with Crippen molar-refractivity contribution in [1.29, 1.82) is 0 Å². The molecular weight excluding hydrogens is 522 g/mol. The van der Waals surface area contributed by atoms with Gasteiger partial charge in [0.15, 0.2) is 4.80 Å². The van der Waals surface area contributed by atoms with Crippen LogP contribution in [0.5, 0.6) is 5.75 Å². The molecule has 1 unspecified atom stereocenters. The number of thiazole rings is 1. The summed E-state index contributed by atoms with van der Waals surface area (Å²) in [5.74, 6) is 0.282. The molecule has 2 heterocycles. The lowest BCUT2D eigenvalue weighted by Crippen LogP contribution is -2.39. The molecule has 1 aliphatic rings. The number of rotatable bonds is 8. The largest absolute Gasteiger partial charge is 0.489 e. The van der Waals surface area contributed by atoms with Crippen molar-refractivity contribution in [2.45, 2.75) is 26.5 Å². The van der Waals surface area contributed by atoms with Crippen LogP contribution in [-0.2, 0) is 16.1 Å². The van der Waals surface area contributed by atoms with Crippen molar-refractivity contribution in [3.05, 3.63) is 127 Å². The SMILES string of the molecule is CCOC(=O)C1=C(C)N=c2sc(=Cc3ccc(OCc4ccccc4)cc3)c(=O)n2C1c1ccc(N(C)C)cc1. The summed E-state index contributed by atoms with van der Waals surface area (Å²) >= 11 is 1.31. The van der Waals surface area contributed by atoms with Crippen molar-refractivity contribution in [2.24, 2.45) is 4.99 Å². The number of carbonyl (C=O) groups is 1. The molecule has 8 heteroatoms. The molecule has 204 valence electrons. The Kier molecular flexibility index (Phi) is 7.98. The van der Waals surface area contributed by atoms with Gasteiger partial charge in [0.2, 0.25) is 0 Å². The van der Waals surface area contributed by atoms with E-state index < -0.39 is 12.0 Å². The number of nitrogens with zero attached hydrogens (tertiary/aromatic N) is 3. The van der Waals surface area contributed by atoms with E-state index >= 15 is 0 Å². The maximum atomic E-state index is 13.8. The highest BCUT2D eigenvalue weighted by Crippen LogP contribution is 2.31. The Morgan fingerprint density at radius 1 is 1.02 bits per heavy atom. The van der Waals surface area contributed by atoms with Crippen molar-refractivity contribution < 1.29 is 14.3 Å². The number of anilines is 1. The van der Waals surface area contributed by atoms with Crippen LogP contribution in [0.1, 0.15) is 36.6 Å². The molecule has 1 aliphatic heterocycles. The fourth-order valence-corrected chi connectivity index (χ4v) is 5.66. The smallest absolute Gasteiger partial charge is 0.338 e. The highest BCUT2D eigenvalue weighted by atomic mass is 32.1. The molecule has 4 aromatic rings. The Morgan fingerprint density at radius 3 is 2.38 bits per heavy atom. The van der Waals surface area contributed by atoms with Gasteiger partial charge in [0.1, 0.15) is 12.4 Å². The van der Waals surface area contributed by atoms with Gasteiger partial charge in [-0.25, -0.2) is 9.79 Å². The fraction of sp³-hybridized carbons (Fsp3) is 0.219. The first kappa shape index (κ1) is 27.1. The summed E-state index contributed by atoms with van der Waals surface area (Å²) < 4.78 is 13.4. The minimum Gasteiger partial charge on any atom is -0.489 e. The molecule has 0 aliphatic carbocycles. The molecule has 40 heavy (non-hydrogen) atoms. The van der Waals surface area contributed by atoms with Crippen molar-refractivity contribution in [3.8, 4) is 5.75 Å². The molecule has 0 amide bonds. The summed E-state index contributed by atoms with van der Waals surface area (Å²) in [5.41, 5.74) is 4.51. The lowest BCUT2D eigenvalue weighted by atomic mass is 9.95. The zero-order valence-corrected chi connectivity index (χ0v) is 23.8.